The summed E-state index contributed by atoms with van der Waals surface area (Å²) in [4.78, 5) is 4.34. The SMILES string of the molecule is N[C@@H](Cc1cc(F)cc(F)c1)c1ncccc1-c1ccc(O)cc1. The Morgan fingerprint density at radius 3 is 2.33 bits per heavy atom. The number of phenols is 1. The fourth-order valence-corrected chi connectivity index (χ4v) is 2.68. The average molecular weight is 326 g/mol. The molecular formula is C19H16F2N2O. The van der Waals surface area contributed by atoms with E-state index in [0.29, 0.717) is 11.3 Å². The van der Waals surface area contributed by atoms with E-state index in [0.717, 1.165) is 17.2 Å². The maximum absolute atomic E-state index is 13.3. The molecule has 3 rings (SSSR count). The summed E-state index contributed by atoms with van der Waals surface area (Å²) in [7, 11) is 0. The summed E-state index contributed by atoms with van der Waals surface area (Å²) < 4.78 is 26.7. The van der Waals surface area contributed by atoms with Crippen LogP contribution in [0.2, 0.25) is 0 Å². The van der Waals surface area contributed by atoms with Crippen LogP contribution in [0.1, 0.15) is 17.3 Å². The van der Waals surface area contributed by atoms with Gasteiger partial charge in [-0.1, -0.05) is 18.2 Å². The van der Waals surface area contributed by atoms with Gasteiger partial charge in [-0.25, -0.2) is 8.78 Å². The van der Waals surface area contributed by atoms with Crippen molar-refractivity contribution in [2.45, 2.75) is 12.5 Å². The van der Waals surface area contributed by atoms with Gasteiger partial charge in [0.05, 0.1) is 11.7 Å². The molecule has 0 aliphatic rings. The highest BCUT2D eigenvalue weighted by molar-refractivity contribution is 5.67. The van der Waals surface area contributed by atoms with Gasteiger partial charge in [-0.05, 0) is 47.9 Å². The van der Waals surface area contributed by atoms with Crippen molar-refractivity contribution in [1.29, 1.82) is 0 Å². The summed E-state index contributed by atoms with van der Waals surface area (Å²) in [6, 6.07) is 13.2. The van der Waals surface area contributed by atoms with E-state index >= 15 is 0 Å². The second-order valence-corrected chi connectivity index (χ2v) is 5.57. The highest BCUT2D eigenvalue weighted by atomic mass is 19.1. The Bertz CT molecular complexity index is 830. The molecule has 0 amide bonds. The summed E-state index contributed by atoms with van der Waals surface area (Å²) in [6.07, 6.45) is 1.89. The van der Waals surface area contributed by atoms with Gasteiger partial charge in [0.2, 0.25) is 0 Å². The van der Waals surface area contributed by atoms with E-state index in [9.17, 15) is 13.9 Å². The molecule has 2 aromatic carbocycles. The highest BCUT2D eigenvalue weighted by Gasteiger charge is 2.15. The number of hydrogen-bond donors (Lipinski definition) is 2. The number of nitrogens with zero attached hydrogens (tertiary/aromatic N) is 1. The number of phenolic OH excluding ortho intramolecular Hbond substituents is 1. The number of pyridine rings is 1. The van der Waals surface area contributed by atoms with E-state index in [2.05, 4.69) is 4.98 Å². The first-order valence-corrected chi connectivity index (χ1v) is 7.48. The van der Waals surface area contributed by atoms with Crippen LogP contribution in [0, 0.1) is 11.6 Å². The third-order valence-corrected chi connectivity index (χ3v) is 3.75. The minimum absolute atomic E-state index is 0.170. The zero-order valence-electron chi connectivity index (χ0n) is 12.8. The molecule has 122 valence electrons. The van der Waals surface area contributed by atoms with Gasteiger partial charge in [0, 0.05) is 17.8 Å². The van der Waals surface area contributed by atoms with E-state index < -0.39 is 17.7 Å². The van der Waals surface area contributed by atoms with Crippen LogP contribution in [0.3, 0.4) is 0 Å². The van der Waals surface area contributed by atoms with Crippen LogP contribution in [0.25, 0.3) is 11.1 Å². The Labute approximate surface area is 138 Å². The smallest absolute Gasteiger partial charge is 0.126 e. The molecule has 0 aliphatic carbocycles. The molecule has 0 radical (unpaired) electrons. The molecule has 0 spiro atoms. The normalized spacial score (nSPS) is 12.1. The lowest BCUT2D eigenvalue weighted by molar-refractivity contribution is 0.475. The van der Waals surface area contributed by atoms with Gasteiger partial charge in [-0.15, -0.1) is 0 Å². The molecular weight excluding hydrogens is 310 g/mol. The summed E-state index contributed by atoms with van der Waals surface area (Å²) in [5.74, 6) is -1.09. The minimum atomic E-state index is -0.628. The van der Waals surface area contributed by atoms with Crippen molar-refractivity contribution in [2.24, 2.45) is 5.73 Å². The van der Waals surface area contributed by atoms with Crippen LogP contribution in [0.4, 0.5) is 8.78 Å². The van der Waals surface area contributed by atoms with Crippen molar-refractivity contribution in [2.75, 3.05) is 0 Å². The molecule has 0 aliphatic heterocycles. The maximum atomic E-state index is 13.3. The van der Waals surface area contributed by atoms with Crippen molar-refractivity contribution in [3.05, 3.63) is 83.7 Å². The highest BCUT2D eigenvalue weighted by Crippen LogP contribution is 2.28. The molecule has 1 atom stereocenters. The second kappa shape index (κ2) is 6.76. The van der Waals surface area contributed by atoms with Crippen LogP contribution in [-0.4, -0.2) is 10.1 Å². The largest absolute Gasteiger partial charge is 0.508 e. The van der Waals surface area contributed by atoms with Gasteiger partial charge < -0.3 is 10.8 Å². The molecule has 0 fully saturated rings. The first-order valence-electron chi connectivity index (χ1n) is 7.48. The van der Waals surface area contributed by atoms with Crippen LogP contribution in [-0.2, 0) is 6.42 Å². The average Bonchev–Trinajstić information content (AvgIpc) is 2.54. The molecule has 0 saturated heterocycles. The van der Waals surface area contributed by atoms with Gasteiger partial charge >= 0.3 is 0 Å². The summed E-state index contributed by atoms with van der Waals surface area (Å²) in [5.41, 5.74) is 9.02. The molecule has 1 aromatic heterocycles. The molecule has 0 bridgehead atoms. The van der Waals surface area contributed by atoms with Crippen molar-refractivity contribution in [3.8, 4) is 16.9 Å². The van der Waals surface area contributed by atoms with E-state index in [4.69, 9.17) is 5.73 Å². The van der Waals surface area contributed by atoms with Crippen molar-refractivity contribution in [3.63, 3.8) is 0 Å². The van der Waals surface area contributed by atoms with E-state index in [1.165, 1.54) is 12.1 Å². The number of hydrogen-bond acceptors (Lipinski definition) is 3. The zero-order chi connectivity index (χ0) is 17.1. The molecule has 3 nitrogen and oxygen atoms in total. The Kier molecular flexibility index (Phi) is 4.53. The van der Waals surface area contributed by atoms with Crippen LogP contribution < -0.4 is 5.73 Å². The number of rotatable bonds is 4. The number of benzene rings is 2. The lowest BCUT2D eigenvalue weighted by Gasteiger charge is -2.16. The number of nitrogens with two attached hydrogens (primary N) is 1. The summed E-state index contributed by atoms with van der Waals surface area (Å²) in [6.45, 7) is 0. The number of aromatic nitrogens is 1. The third kappa shape index (κ3) is 3.58. The molecule has 0 unspecified atom stereocenters. The molecule has 1 heterocycles. The lowest BCUT2D eigenvalue weighted by Crippen LogP contribution is -2.16. The van der Waals surface area contributed by atoms with Gasteiger partial charge in [0.25, 0.3) is 0 Å². The summed E-state index contributed by atoms with van der Waals surface area (Å²) >= 11 is 0. The number of halogens is 2. The Morgan fingerprint density at radius 1 is 1.00 bits per heavy atom. The Hall–Kier alpha value is -2.79. The van der Waals surface area contributed by atoms with E-state index in [1.807, 2.05) is 6.07 Å². The van der Waals surface area contributed by atoms with Gasteiger partial charge in [-0.2, -0.15) is 0 Å². The minimum Gasteiger partial charge on any atom is -0.508 e. The van der Waals surface area contributed by atoms with Crippen LogP contribution in [0.5, 0.6) is 5.75 Å². The van der Waals surface area contributed by atoms with Crippen molar-refractivity contribution >= 4 is 0 Å². The molecule has 0 saturated carbocycles. The van der Waals surface area contributed by atoms with Gasteiger partial charge in [-0.3, -0.25) is 4.98 Å². The van der Waals surface area contributed by atoms with E-state index in [1.54, 1.807) is 36.5 Å². The molecule has 24 heavy (non-hydrogen) atoms. The first-order chi connectivity index (χ1) is 11.5. The van der Waals surface area contributed by atoms with Gasteiger partial charge in [0.15, 0.2) is 0 Å². The third-order valence-electron chi connectivity index (χ3n) is 3.75. The van der Waals surface area contributed by atoms with Crippen LogP contribution in [0.15, 0.2) is 60.8 Å². The van der Waals surface area contributed by atoms with E-state index in [-0.39, 0.29) is 12.2 Å². The summed E-state index contributed by atoms with van der Waals surface area (Å²) in [5, 5.41) is 9.42. The Balaban J connectivity index is 1.92. The molecule has 3 N–H and O–H groups in total. The lowest BCUT2D eigenvalue weighted by atomic mass is 9.96. The first kappa shape index (κ1) is 16.1. The van der Waals surface area contributed by atoms with Crippen LogP contribution >= 0.6 is 0 Å². The monoisotopic (exact) mass is 326 g/mol. The Morgan fingerprint density at radius 2 is 1.67 bits per heavy atom. The number of aromatic hydroxyl groups is 1. The second-order valence-electron chi connectivity index (χ2n) is 5.57. The predicted molar refractivity (Wildman–Crippen MR) is 88.3 cm³/mol. The maximum Gasteiger partial charge on any atom is 0.126 e. The van der Waals surface area contributed by atoms with Crippen molar-refractivity contribution < 1.29 is 13.9 Å². The van der Waals surface area contributed by atoms with Crippen molar-refractivity contribution in [1.82, 2.24) is 4.98 Å². The zero-order valence-corrected chi connectivity index (χ0v) is 12.8. The molecule has 3 aromatic rings. The fourth-order valence-electron chi connectivity index (χ4n) is 2.68. The molecule has 5 heteroatoms. The quantitative estimate of drug-likeness (QED) is 0.762. The fraction of sp³-hybridized carbons (Fsp3) is 0.105. The topological polar surface area (TPSA) is 59.1 Å². The standard InChI is InChI=1S/C19H16F2N2O/c20-14-8-12(9-15(21)11-14)10-18(22)19-17(2-1-7-23-19)13-3-5-16(24)6-4-13/h1-9,11,18,24H,10,22H2/t18-/m0/s1. The van der Waals surface area contributed by atoms with Gasteiger partial charge in [0.1, 0.15) is 17.4 Å². The predicted octanol–water partition coefficient (Wildman–Crippen LogP) is 3.97.